The predicted molar refractivity (Wildman–Crippen MR) is 36.3 cm³/mol. The Morgan fingerprint density at radius 3 is 2.67 bits per heavy atom. The molecule has 9 heavy (non-hydrogen) atoms. The second-order valence-electron chi connectivity index (χ2n) is 3.40. The minimum atomic E-state index is 0.427. The van der Waals surface area contributed by atoms with Crippen LogP contribution in [0.1, 0.15) is 33.1 Å². The first-order valence-electron chi connectivity index (χ1n) is 3.97. The summed E-state index contributed by atoms with van der Waals surface area (Å²) in [6.07, 6.45) is 4.64. The van der Waals surface area contributed by atoms with Gasteiger partial charge >= 0.3 is 0 Å². The molecule has 1 heteroatoms. The molecule has 0 amide bonds. The molecule has 1 heterocycles. The third-order valence-corrected chi connectivity index (χ3v) is 2.76. The van der Waals surface area contributed by atoms with Crippen LogP contribution in [-0.2, 0) is 4.74 Å². The average molecular weight is 126 g/mol. The highest BCUT2D eigenvalue weighted by Crippen LogP contribution is 2.63. The first kappa shape index (κ1) is 5.72. The van der Waals surface area contributed by atoms with E-state index in [2.05, 4.69) is 13.8 Å². The van der Waals surface area contributed by atoms with Crippen LogP contribution >= 0.6 is 0 Å². The van der Waals surface area contributed by atoms with Crippen LogP contribution in [0.25, 0.3) is 0 Å². The lowest BCUT2D eigenvalue weighted by atomic mass is 10.2. The SMILES string of the molecule is CCCC1CC12OC2C. The average Bonchev–Trinajstić information content (AvgIpc) is 2.58. The molecule has 1 spiro atoms. The van der Waals surface area contributed by atoms with Crippen LogP contribution in [0.5, 0.6) is 0 Å². The molecule has 0 aromatic heterocycles. The Balaban J connectivity index is 1.83. The van der Waals surface area contributed by atoms with E-state index in [0.29, 0.717) is 11.7 Å². The highest BCUT2D eigenvalue weighted by Gasteiger charge is 2.70. The zero-order valence-electron chi connectivity index (χ0n) is 6.18. The summed E-state index contributed by atoms with van der Waals surface area (Å²) in [7, 11) is 0. The number of hydrogen-bond acceptors (Lipinski definition) is 1. The largest absolute Gasteiger partial charge is 0.366 e. The molecule has 0 aromatic rings. The van der Waals surface area contributed by atoms with Crippen molar-refractivity contribution in [2.45, 2.75) is 44.8 Å². The fourth-order valence-corrected chi connectivity index (χ4v) is 1.96. The van der Waals surface area contributed by atoms with Gasteiger partial charge in [-0.05, 0) is 25.7 Å². The molecule has 1 saturated carbocycles. The van der Waals surface area contributed by atoms with Gasteiger partial charge in [-0.2, -0.15) is 0 Å². The van der Waals surface area contributed by atoms with Crippen molar-refractivity contribution in [2.24, 2.45) is 5.92 Å². The second kappa shape index (κ2) is 1.51. The molecule has 3 atom stereocenters. The number of rotatable bonds is 2. The highest BCUT2D eigenvalue weighted by molar-refractivity contribution is 5.18. The van der Waals surface area contributed by atoms with E-state index in [-0.39, 0.29) is 0 Å². The molecule has 52 valence electrons. The summed E-state index contributed by atoms with van der Waals surface area (Å²) in [5, 5.41) is 0. The maximum absolute atomic E-state index is 5.48. The molecule has 1 aliphatic heterocycles. The predicted octanol–water partition coefficient (Wildman–Crippen LogP) is 1.96. The van der Waals surface area contributed by atoms with E-state index in [4.69, 9.17) is 4.74 Å². The lowest BCUT2D eigenvalue weighted by Gasteiger charge is -1.87. The first-order valence-corrected chi connectivity index (χ1v) is 3.97. The van der Waals surface area contributed by atoms with Crippen molar-refractivity contribution in [1.82, 2.24) is 0 Å². The van der Waals surface area contributed by atoms with Crippen molar-refractivity contribution in [3.8, 4) is 0 Å². The molecule has 1 aliphatic carbocycles. The van der Waals surface area contributed by atoms with Gasteiger partial charge in [-0.25, -0.2) is 0 Å². The van der Waals surface area contributed by atoms with E-state index in [0.717, 1.165) is 5.92 Å². The molecule has 0 radical (unpaired) electrons. The van der Waals surface area contributed by atoms with Crippen LogP contribution in [-0.4, -0.2) is 11.7 Å². The summed E-state index contributed by atoms with van der Waals surface area (Å²) in [6.45, 7) is 4.44. The van der Waals surface area contributed by atoms with Gasteiger partial charge in [-0.1, -0.05) is 13.3 Å². The van der Waals surface area contributed by atoms with Crippen LogP contribution in [0.4, 0.5) is 0 Å². The Kier molecular flexibility index (Phi) is 0.963. The quantitative estimate of drug-likeness (QED) is 0.515. The smallest absolute Gasteiger partial charge is 0.0978 e. The zero-order chi connectivity index (χ0) is 6.48. The summed E-state index contributed by atoms with van der Waals surface area (Å²) in [6, 6.07) is 0. The number of hydrogen-bond donors (Lipinski definition) is 0. The molecule has 2 fully saturated rings. The Morgan fingerprint density at radius 1 is 1.67 bits per heavy atom. The maximum Gasteiger partial charge on any atom is 0.0978 e. The molecule has 0 aromatic carbocycles. The maximum atomic E-state index is 5.48. The fraction of sp³-hybridized carbons (Fsp3) is 1.00. The van der Waals surface area contributed by atoms with Crippen LogP contribution < -0.4 is 0 Å². The monoisotopic (exact) mass is 126 g/mol. The molecular weight excluding hydrogens is 112 g/mol. The molecule has 2 rings (SSSR count). The molecule has 0 N–H and O–H groups in total. The van der Waals surface area contributed by atoms with Gasteiger partial charge in [0.1, 0.15) is 0 Å². The van der Waals surface area contributed by atoms with Gasteiger partial charge in [0.25, 0.3) is 0 Å². The third kappa shape index (κ3) is 0.644. The van der Waals surface area contributed by atoms with Gasteiger partial charge in [-0.15, -0.1) is 0 Å². The van der Waals surface area contributed by atoms with Crippen molar-refractivity contribution in [3.05, 3.63) is 0 Å². The third-order valence-electron chi connectivity index (χ3n) is 2.76. The molecular formula is C8H14O. The van der Waals surface area contributed by atoms with Crippen LogP contribution in [0, 0.1) is 5.92 Å². The van der Waals surface area contributed by atoms with Gasteiger partial charge in [-0.3, -0.25) is 0 Å². The lowest BCUT2D eigenvalue weighted by Crippen LogP contribution is -1.91. The van der Waals surface area contributed by atoms with Crippen molar-refractivity contribution in [2.75, 3.05) is 0 Å². The van der Waals surface area contributed by atoms with Crippen LogP contribution in [0.2, 0.25) is 0 Å². The summed E-state index contributed by atoms with van der Waals surface area (Å²) >= 11 is 0. The molecule has 0 bridgehead atoms. The standard InChI is InChI=1S/C8H14O/c1-3-4-7-5-8(7)6(2)9-8/h6-7H,3-5H2,1-2H3. The van der Waals surface area contributed by atoms with Crippen molar-refractivity contribution >= 4 is 0 Å². The number of epoxide rings is 1. The normalized spacial score (nSPS) is 54.0. The first-order chi connectivity index (χ1) is 4.29. The Bertz CT molecular complexity index is 131. The van der Waals surface area contributed by atoms with Gasteiger partial charge in [0.15, 0.2) is 0 Å². The Hall–Kier alpha value is -0.0400. The van der Waals surface area contributed by atoms with Gasteiger partial charge < -0.3 is 4.74 Å². The molecule has 1 saturated heterocycles. The van der Waals surface area contributed by atoms with E-state index in [1.807, 2.05) is 0 Å². The summed E-state index contributed by atoms with van der Waals surface area (Å²) < 4.78 is 5.48. The second-order valence-corrected chi connectivity index (χ2v) is 3.40. The van der Waals surface area contributed by atoms with Gasteiger partial charge in [0.2, 0.25) is 0 Å². The Labute approximate surface area is 56.4 Å². The van der Waals surface area contributed by atoms with E-state index < -0.39 is 0 Å². The Morgan fingerprint density at radius 2 is 2.33 bits per heavy atom. The minimum absolute atomic E-state index is 0.427. The summed E-state index contributed by atoms with van der Waals surface area (Å²) in [5.41, 5.74) is 0.427. The lowest BCUT2D eigenvalue weighted by molar-refractivity contribution is 0.354. The van der Waals surface area contributed by atoms with Crippen molar-refractivity contribution in [3.63, 3.8) is 0 Å². The molecule has 1 nitrogen and oxygen atoms in total. The molecule has 2 aliphatic rings. The van der Waals surface area contributed by atoms with E-state index >= 15 is 0 Å². The summed E-state index contributed by atoms with van der Waals surface area (Å²) in [4.78, 5) is 0. The van der Waals surface area contributed by atoms with E-state index in [9.17, 15) is 0 Å². The molecule has 3 unspecified atom stereocenters. The number of ether oxygens (including phenoxy) is 1. The van der Waals surface area contributed by atoms with Crippen LogP contribution in [0.15, 0.2) is 0 Å². The highest BCUT2D eigenvalue weighted by atomic mass is 16.6. The minimum Gasteiger partial charge on any atom is -0.366 e. The van der Waals surface area contributed by atoms with Gasteiger partial charge in [0, 0.05) is 0 Å². The van der Waals surface area contributed by atoms with E-state index in [1.165, 1.54) is 19.3 Å². The van der Waals surface area contributed by atoms with E-state index in [1.54, 1.807) is 0 Å². The van der Waals surface area contributed by atoms with Crippen LogP contribution in [0.3, 0.4) is 0 Å². The van der Waals surface area contributed by atoms with Crippen molar-refractivity contribution in [1.29, 1.82) is 0 Å². The zero-order valence-corrected chi connectivity index (χ0v) is 6.18. The fourth-order valence-electron chi connectivity index (χ4n) is 1.96. The van der Waals surface area contributed by atoms with Crippen molar-refractivity contribution < 1.29 is 4.74 Å². The topological polar surface area (TPSA) is 12.5 Å². The van der Waals surface area contributed by atoms with Gasteiger partial charge in [0.05, 0.1) is 11.7 Å². The summed E-state index contributed by atoms with van der Waals surface area (Å²) in [5.74, 6) is 0.928.